The molecule has 0 spiro atoms. The minimum absolute atomic E-state index is 0.0174. The van der Waals surface area contributed by atoms with E-state index >= 15 is 0 Å². The monoisotopic (exact) mass is 318 g/mol. The maximum Gasteiger partial charge on any atom is 0.316 e. The average Bonchev–Trinajstić information content (AvgIpc) is 2.94. The Morgan fingerprint density at radius 2 is 1.96 bits per heavy atom. The first kappa shape index (κ1) is 16.5. The lowest BCUT2D eigenvalue weighted by Crippen LogP contribution is -2.30. The van der Waals surface area contributed by atoms with Gasteiger partial charge in [-0.05, 0) is 38.1 Å². The second-order valence-electron chi connectivity index (χ2n) is 5.14. The molecule has 0 fully saturated rings. The molecule has 122 valence electrons. The van der Waals surface area contributed by atoms with Crippen molar-refractivity contribution in [3.8, 4) is 5.75 Å². The van der Waals surface area contributed by atoms with Gasteiger partial charge in [0.05, 0.1) is 0 Å². The number of amides is 2. The number of carbonyl (C=O) groups excluding carboxylic acids is 2. The fourth-order valence-electron chi connectivity index (χ4n) is 1.71. The van der Waals surface area contributed by atoms with Crippen molar-refractivity contribution in [2.24, 2.45) is 0 Å². The fraction of sp³-hybridized carbons (Fsp3) is 0.333. The highest BCUT2D eigenvalue weighted by Gasteiger charge is 2.15. The van der Waals surface area contributed by atoms with Gasteiger partial charge in [0.25, 0.3) is 0 Å². The van der Waals surface area contributed by atoms with Crippen molar-refractivity contribution in [2.45, 2.75) is 33.4 Å². The van der Waals surface area contributed by atoms with Gasteiger partial charge in [0, 0.05) is 18.7 Å². The van der Waals surface area contributed by atoms with Crippen LogP contribution in [0.15, 0.2) is 28.8 Å². The summed E-state index contributed by atoms with van der Waals surface area (Å²) in [5.74, 6) is 0.191. The molecule has 0 bridgehead atoms. The second-order valence-corrected chi connectivity index (χ2v) is 5.14. The molecule has 0 atom stereocenters. The Balaban J connectivity index is 1.90. The van der Waals surface area contributed by atoms with E-state index in [1.54, 1.807) is 24.3 Å². The summed E-state index contributed by atoms with van der Waals surface area (Å²) in [6.07, 6.45) is 0. The van der Waals surface area contributed by atoms with Gasteiger partial charge in [0.1, 0.15) is 5.75 Å². The van der Waals surface area contributed by atoms with Gasteiger partial charge in [0.2, 0.25) is 11.7 Å². The lowest BCUT2D eigenvalue weighted by Gasteiger charge is -2.05. The van der Waals surface area contributed by atoms with Gasteiger partial charge in [-0.2, -0.15) is 4.98 Å². The van der Waals surface area contributed by atoms with Gasteiger partial charge in [-0.3, -0.25) is 9.59 Å². The third-order valence-electron chi connectivity index (χ3n) is 2.62. The van der Waals surface area contributed by atoms with E-state index in [-0.39, 0.29) is 30.3 Å². The molecule has 2 amide bonds. The highest BCUT2D eigenvalue weighted by Crippen LogP contribution is 2.16. The van der Waals surface area contributed by atoms with Gasteiger partial charge in [-0.15, -0.1) is 0 Å². The maximum absolute atomic E-state index is 11.7. The third-order valence-corrected chi connectivity index (χ3v) is 2.62. The average molecular weight is 318 g/mol. The van der Waals surface area contributed by atoms with Gasteiger partial charge in [-0.1, -0.05) is 5.16 Å². The first-order chi connectivity index (χ1) is 10.9. The maximum atomic E-state index is 11.7. The van der Waals surface area contributed by atoms with Crippen LogP contribution in [-0.4, -0.2) is 28.0 Å². The topological polar surface area (TPSA) is 106 Å². The number of benzene rings is 1. The van der Waals surface area contributed by atoms with E-state index in [0.717, 1.165) is 0 Å². The third kappa shape index (κ3) is 5.10. The molecule has 0 aliphatic heterocycles. The smallest absolute Gasteiger partial charge is 0.316 e. The molecular formula is C15H18N4O4. The van der Waals surface area contributed by atoms with Crippen LogP contribution in [0.1, 0.15) is 37.3 Å². The number of hydrogen-bond acceptors (Lipinski definition) is 6. The first-order valence-electron chi connectivity index (χ1n) is 7.08. The molecule has 0 aliphatic rings. The van der Waals surface area contributed by atoms with Crippen LogP contribution in [0.3, 0.4) is 0 Å². The summed E-state index contributed by atoms with van der Waals surface area (Å²) in [4.78, 5) is 26.6. The molecule has 1 heterocycles. The summed E-state index contributed by atoms with van der Waals surface area (Å²) in [6, 6.07) is 6.83. The van der Waals surface area contributed by atoms with Gasteiger partial charge < -0.3 is 19.9 Å². The van der Waals surface area contributed by atoms with Crippen molar-refractivity contribution < 1.29 is 18.8 Å². The molecule has 0 saturated carbocycles. The zero-order valence-electron chi connectivity index (χ0n) is 13.1. The Morgan fingerprint density at radius 1 is 1.26 bits per heavy atom. The van der Waals surface area contributed by atoms with E-state index in [1.807, 2.05) is 13.8 Å². The molecule has 0 unspecified atom stereocenters. The molecule has 0 radical (unpaired) electrons. The summed E-state index contributed by atoms with van der Waals surface area (Å²) >= 11 is 0. The minimum Gasteiger partial charge on any atom is -0.485 e. The van der Waals surface area contributed by atoms with Crippen molar-refractivity contribution >= 4 is 17.5 Å². The molecule has 8 nitrogen and oxygen atoms in total. The minimum atomic E-state index is -0.418. The highest BCUT2D eigenvalue weighted by molar-refractivity contribution is 5.89. The Labute approximate surface area is 133 Å². The van der Waals surface area contributed by atoms with E-state index in [1.165, 1.54) is 6.92 Å². The molecule has 1 aromatic carbocycles. The molecule has 8 heteroatoms. The lowest BCUT2D eigenvalue weighted by molar-refractivity contribution is -0.114. The van der Waals surface area contributed by atoms with E-state index < -0.39 is 5.91 Å². The number of hydrogen-bond donors (Lipinski definition) is 2. The van der Waals surface area contributed by atoms with Crippen LogP contribution in [-0.2, 0) is 11.4 Å². The van der Waals surface area contributed by atoms with Gasteiger partial charge in [-0.25, -0.2) is 0 Å². The predicted molar refractivity (Wildman–Crippen MR) is 82.0 cm³/mol. The molecule has 0 aliphatic carbocycles. The number of nitrogens with zero attached hydrogens (tertiary/aromatic N) is 2. The van der Waals surface area contributed by atoms with Crippen LogP contribution in [0.5, 0.6) is 5.75 Å². The number of carbonyl (C=O) groups is 2. The Hall–Kier alpha value is -2.90. The summed E-state index contributed by atoms with van der Waals surface area (Å²) in [5, 5.41) is 9.00. The van der Waals surface area contributed by atoms with Crippen molar-refractivity contribution in [1.29, 1.82) is 0 Å². The Bertz CT molecular complexity index is 679. The van der Waals surface area contributed by atoms with Crippen LogP contribution in [0, 0.1) is 0 Å². The fourth-order valence-corrected chi connectivity index (χ4v) is 1.71. The molecule has 0 saturated heterocycles. The molecule has 1 aromatic heterocycles. The van der Waals surface area contributed by atoms with Crippen LogP contribution in [0.25, 0.3) is 0 Å². The van der Waals surface area contributed by atoms with E-state index in [9.17, 15) is 9.59 Å². The summed E-state index contributed by atoms with van der Waals surface area (Å²) in [5.41, 5.74) is 0.678. The summed E-state index contributed by atoms with van der Waals surface area (Å²) < 4.78 is 10.4. The molecule has 2 rings (SSSR count). The largest absolute Gasteiger partial charge is 0.485 e. The predicted octanol–water partition coefficient (Wildman–Crippen LogP) is 1.75. The van der Waals surface area contributed by atoms with Crippen molar-refractivity contribution in [3.63, 3.8) is 0 Å². The molecule has 23 heavy (non-hydrogen) atoms. The first-order valence-corrected chi connectivity index (χ1v) is 7.08. The van der Waals surface area contributed by atoms with Crippen LogP contribution in [0.4, 0.5) is 5.69 Å². The molecule has 2 N–H and O–H groups in total. The number of nitrogens with one attached hydrogen (secondary N) is 2. The number of anilines is 1. The van der Waals surface area contributed by atoms with Crippen molar-refractivity contribution in [1.82, 2.24) is 15.5 Å². The Morgan fingerprint density at radius 3 is 2.57 bits per heavy atom. The Kier molecular flexibility index (Phi) is 5.29. The van der Waals surface area contributed by atoms with Gasteiger partial charge >= 0.3 is 11.8 Å². The zero-order valence-corrected chi connectivity index (χ0v) is 13.1. The summed E-state index contributed by atoms with van der Waals surface area (Å²) in [7, 11) is 0. The number of aromatic nitrogens is 2. The number of rotatable bonds is 6. The van der Waals surface area contributed by atoms with E-state index in [4.69, 9.17) is 9.26 Å². The number of ether oxygens (including phenoxy) is 1. The second kappa shape index (κ2) is 7.39. The normalized spacial score (nSPS) is 10.4. The van der Waals surface area contributed by atoms with E-state index in [0.29, 0.717) is 11.4 Å². The van der Waals surface area contributed by atoms with Crippen LogP contribution in [0.2, 0.25) is 0 Å². The van der Waals surface area contributed by atoms with Crippen molar-refractivity contribution in [2.75, 3.05) is 5.32 Å². The van der Waals surface area contributed by atoms with Crippen molar-refractivity contribution in [3.05, 3.63) is 36.0 Å². The molecule has 2 aromatic rings. The highest BCUT2D eigenvalue weighted by atomic mass is 16.5. The summed E-state index contributed by atoms with van der Waals surface area (Å²) in [6.45, 7) is 5.18. The van der Waals surface area contributed by atoms with Crippen LogP contribution < -0.4 is 15.4 Å². The zero-order chi connectivity index (χ0) is 16.8. The SMILES string of the molecule is CC(=O)Nc1ccc(OCc2noc(C(=O)NC(C)C)n2)cc1. The van der Waals surface area contributed by atoms with Crippen LogP contribution >= 0.6 is 0 Å². The quantitative estimate of drug-likeness (QED) is 0.840. The lowest BCUT2D eigenvalue weighted by atomic mass is 10.3. The molecular weight excluding hydrogens is 300 g/mol. The van der Waals surface area contributed by atoms with Gasteiger partial charge in [0.15, 0.2) is 6.61 Å². The van der Waals surface area contributed by atoms with E-state index in [2.05, 4.69) is 20.8 Å². The standard InChI is InChI=1S/C15H18N4O4/c1-9(2)16-14(21)15-18-13(19-23-15)8-22-12-6-4-11(5-7-12)17-10(3)20/h4-7,9H,8H2,1-3H3,(H,16,21)(H,17,20).